The first-order valence-electron chi connectivity index (χ1n) is 7.05. The van der Waals surface area contributed by atoms with Gasteiger partial charge < -0.3 is 10.1 Å². The zero-order valence-corrected chi connectivity index (χ0v) is 13.2. The summed E-state index contributed by atoms with van der Waals surface area (Å²) >= 11 is 0.735. The lowest BCUT2D eigenvalue weighted by Gasteiger charge is -2.09. The highest BCUT2D eigenvalue weighted by atomic mass is 32.1. The first kappa shape index (κ1) is 17.1. The zero-order valence-electron chi connectivity index (χ0n) is 12.4. The van der Waals surface area contributed by atoms with Crippen LogP contribution in [0.15, 0.2) is 6.07 Å². The number of carbonyl (C=O) groups excluding carboxylic acids is 3. The van der Waals surface area contributed by atoms with Gasteiger partial charge in [-0.25, -0.2) is 22.9 Å². The fourth-order valence-corrected chi connectivity index (χ4v) is 3.12. The van der Waals surface area contributed by atoms with E-state index in [2.05, 4.69) is 15.6 Å². The third-order valence-corrected chi connectivity index (χ3v) is 4.31. The molecule has 1 saturated heterocycles. The Labute approximate surface area is 142 Å². The maximum atomic E-state index is 13.6. The van der Waals surface area contributed by atoms with E-state index >= 15 is 0 Å². The monoisotopic (exact) mass is 373 g/mol. The molecule has 1 aliphatic heterocycles. The Morgan fingerprint density at radius 1 is 1.36 bits per heavy atom. The second kappa shape index (κ2) is 6.67. The lowest BCUT2D eigenvalue weighted by Crippen LogP contribution is -2.36. The zero-order chi connectivity index (χ0) is 18.1. The highest BCUT2D eigenvalue weighted by Crippen LogP contribution is 2.30. The van der Waals surface area contributed by atoms with Crippen molar-refractivity contribution < 1.29 is 32.3 Å². The van der Waals surface area contributed by atoms with Crippen molar-refractivity contribution in [3.05, 3.63) is 23.5 Å². The van der Waals surface area contributed by atoms with E-state index in [0.717, 1.165) is 17.4 Å². The fraction of sp³-hybridized carbons (Fsp3) is 0.286. The summed E-state index contributed by atoms with van der Waals surface area (Å²) in [6, 6.07) is -0.0213. The van der Waals surface area contributed by atoms with Crippen LogP contribution in [-0.2, 0) is 19.1 Å². The van der Waals surface area contributed by atoms with Gasteiger partial charge >= 0.3 is 5.97 Å². The summed E-state index contributed by atoms with van der Waals surface area (Å²) in [6.45, 7) is -0.646. The number of benzene rings is 1. The first-order valence-corrected chi connectivity index (χ1v) is 7.86. The molecule has 2 N–H and O–H groups in total. The number of hydrogen-bond acceptors (Lipinski definition) is 6. The van der Waals surface area contributed by atoms with Crippen LogP contribution in [0.2, 0.25) is 0 Å². The van der Waals surface area contributed by atoms with E-state index in [1.807, 2.05) is 0 Å². The van der Waals surface area contributed by atoms with Gasteiger partial charge in [-0.05, 0) is 12.5 Å². The topological polar surface area (TPSA) is 97.4 Å². The summed E-state index contributed by atoms with van der Waals surface area (Å²) in [5.41, 5.74) is -0.412. The molecule has 0 saturated carbocycles. The predicted molar refractivity (Wildman–Crippen MR) is 80.2 cm³/mol. The van der Waals surface area contributed by atoms with Crippen molar-refractivity contribution >= 4 is 44.5 Å². The van der Waals surface area contributed by atoms with Crippen molar-refractivity contribution in [3.8, 4) is 0 Å². The highest BCUT2D eigenvalue weighted by molar-refractivity contribution is 7.22. The summed E-state index contributed by atoms with van der Waals surface area (Å²) in [5.74, 6) is -6.25. The second-order valence-electron chi connectivity index (χ2n) is 5.17. The minimum absolute atomic E-state index is 0.0114. The molecule has 1 unspecified atom stereocenters. The van der Waals surface area contributed by atoms with Gasteiger partial charge in [-0.1, -0.05) is 11.3 Å². The standard InChI is InChI=1S/C14H10F3N3O4S/c15-5-3-7-12(11(17)10(5)16)20-14(25-7)19-9(22)4-24-13(23)6-1-2-8(21)18-6/h3,6H,1-2,4H2,(H,18,21)(H,19,20,22). The molecule has 25 heavy (non-hydrogen) atoms. The van der Waals surface area contributed by atoms with Gasteiger partial charge in [0.2, 0.25) is 5.91 Å². The smallest absolute Gasteiger partial charge is 0.329 e. The van der Waals surface area contributed by atoms with Crippen molar-refractivity contribution in [3.63, 3.8) is 0 Å². The lowest BCUT2D eigenvalue weighted by molar-refractivity contribution is -0.149. The number of rotatable bonds is 4. The number of aromatic nitrogens is 1. The molecule has 1 fully saturated rings. The molecule has 1 aromatic heterocycles. The van der Waals surface area contributed by atoms with E-state index in [1.54, 1.807) is 0 Å². The van der Waals surface area contributed by atoms with Crippen molar-refractivity contribution in [2.45, 2.75) is 18.9 Å². The molecule has 1 aliphatic rings. The molecule has 0 aliphatic carbocycles. The van der Waals surface area contributed by atoms with Crippen LogP contribution in [0.1, 0.15) is 12.8 Å². The molecule has 3 rings (SSSR count). The number of esters is 1. The Bertz CT molecular complexity index is 886. The Morgan fingerprint density at radius 2 is 2.12 bits per heavy atom. The molecule has 0 radical (unpaired) electrons. The van der Waals surface area contributed by atoms with Crippen LogP contribution in [0.25, 0.3) is 10.2 Å². The first-order chi connectivity index (χ1) is 11.8. The molecule has 1 aromatic carbocycles. The van der Waals surface area contributed by atoms with Gasteiger partial charge in [0.1, 0.15) is 11.6 Å². The van der Waals surface area contributed by atoms with Crippen LogP contribution >= 0.6 is 11.3 Å². The van der Waals surface area contributed by atoms with E-state index in [9.17, 15) is 27.6 Å². The Balaban J connectivity index is 1.61. The quantitative estimate of drug-likeness (QED) is 0.625. The molecule has 11 heteroatoms. The Kier molecular flexibility index (Phi) is 4.57. The van der Waals surface area contributed by atoms with Gasteiger partial charge in [0.25, 0.3) is 5.91 Å². The average Bonchev–Trinajstić information content (AvgIpc) is 3.16. The summed E-state index contributed by atoms with van der Waals surface area (Å²) in [7, 11) is 0. The molecule has 7 nitrogen and oxygen atoms in total. The maximum absolute atomic E-state index is 13.6. The summed E-state index contributed by atoms with van der Waals surface area (Å²) < 4.78 is 44.7. The normalized spacial score (nSPS) is 16.8. The van der Waals surface area contributed by atoms with Crippen LogP contribution in [0.3, 0.4) is 0 Å². The number of anilines is 1. The van der Waals surface area contributed by atoms with E-state index in [1.165, 1.54) is 0 Å². The van der Waals surface area contributed by atoms with E-state index in [-0.39, 0.29) is 28.6 Å². The molecule has 0 bridgehead atoms. The van der Waals surface area contributed by atoms with E-state index < -0.39 is 47.5 Å². The lowest BCUT2D eigenvalue weighted by atomic mass is 10.2. The van der Waals surface area contributed by atoms with Gasteiger partial charge in [-0.2, -0.15) is 0 Å². The van der Waals surface area contributed by atoms with E-state index in [0.29, 0.717) is 0 Å². The predicted octanol–water partition coefficient (Wildman–Crippen LogP) is 1.47. The number of nitrogens with zero attached hydrogens (tertiary/aromatic N) is 1. The van der Waals surface area contributed by atoms with Gasteiger partial charge in [0.05, 0.1) is 4.70 Å². The summed E-state index contributed by atoms with van der Waals surface area (Å²) in [5, 5.41) is 4.54. The molecule has 2 aromatic rings. The van der Waals surface area contributed by atoms with Crippen LogP contribution in [-0.4, -0.2) is 35.4 Å². The van der Waals surface area contributed by atoms with Crippen molar-refractivity contribution in [1.82, 2.24) is 10.3 Å². The molecular weight excluding hydrogens is 363 g/mol. The van der Waals surface area contributed by atoms with Crippen LogP contribution in [0, 0.1) is 17.5 Å². The van der Waals surface area contributed by atoms with Gasteiger partial charge in [-0.3, -0.25) is 14.9 Å². The number of thiazole rings is 1. The SMILES string of the molecule is O=C(COC(=O)C1CCC(=O)N1)Nc1nc2c(F)c(F)c(F)cc2s1. The molecule has 2 heterocycles. The number of fused-ring (bicyclic) bond motifs is 1. The summed E-state index contributed by atoms with van der Waals surface area (Å²) in [6.07, 6.45) is 0.490. The largest absolute Gasteiger partial charge is 0.454 e. The Morgan fingerprint density at radius 3 is 2.80 bits per heavy atom. The Hall–Kier alpha value is -2.69. The molecule has 1 atom stereocenters. The van der Waals surface area contributed by atoms with Crippen molar-refractivity contribution in [2.24, 2.45) is 0 Å². The van der Waals surface area contributed by atoms with Gasteiger partial charge in [0.15, 0.2) is 29.2 Å². The van der Waals surface area contributed by atoms with Crippen LogP contribution < -0.4 is 10.6 Å². The van der Waals surface area contributed by atoms with Gasteiger partial charge in [-0.15, -0.1) is 0 Å². The highest BCUT2D eigenvalue weighted by Gasteiger charge is 2.29. The van der Waals surface area contributed by atoms with Crippen molar-refractivity contribution in [2.75, 3.05) is 11.9 Å². The van der Waals surface area contributed by atoms with E-state index in [4.69, 9.17) is 4.74 Å². The second-order valence-corrected chi connectivity index (χ2v) is 6.20. The molecule has 132 valence electrons. The molecule has 2 amide bonds. The number of nitrogens with one attached hydrogen (secondary N) is 2. The van der Waals surface area contributed by atoms with Crippen molar-refractivity contribution in [1.29, 1.82) is 0 Å². The number of ether oxygens (including phenoxy) is 1. The number of halogens is 3. The molecule has 0 spiro atoms. The third-order valence-electron chi connectivity index (χ3n) is 3.39. The minimum atomic E-state index is -1.65. The van der Waals surface area contributed by atoms with Crippen LogP contribution in [0.5, 0.6) is 0 Å². The van der Waals surface area contributed by atoms with Gasteiger partial charge in [0, 0.05) is 6.42 Å². The fourth-order valence-electron chi connectivity index (χ4n) is 2.21. The number of hydrogen-bond donors (Lipinski definition) is 2. The molecular formula is C14H10F3N3O4S. The van der Waals surface area contributed by atoms with Crippen LogP contribution in [0.4, 0.5) is 18.3 Å². The number of amides is 2. The average molecular weight is 373 g/mol. The third kappa shape index (κ3) is 3.55. The number of carbonyl (C=O) groups is 3. The maximum Gasteiger partial charge on any atom is 0.329 e. The summed E-state index contributed by atoms with van der Waals surface area (Å²) in [4.78, 5) is 38.1. The minimum Gasteiger partial charge on any atom is -0.454 e.